The Morgan fingerprint density at radius 1 is 0.912 bits per heavy atom. The maximum atomic E-state index is 12.9. The van der Waals surface area contributed by atoms with Gasteiger partial charge >= 0.3 is 0 Å². The Kier molecular flexibility index (Phi) is 7.47. The number of primary amides is 1. The fraction of sp³-hybridized carbons (Fsp3) is 0.217. The molecule has 34 heavy (non-hydrogen) atoms. The number of nitrogens with two attached hydrogens (primary N) is 1. The fourth-order valence-electron chi connectivity index (χ4n) is 3.49. The van der Waals surface area contributed by atoms with Crippen molar-refractivity contribution in [2.45, 2.75) is 31.8 Å². The van der Waals surface area contributed by atoms with Crippen LogP contribution in [0.25, 0.3) is 4.91 Å². The molecule has 2 aromatic carbocycles. The monoisotopic (exact) mass is 484 g/mol. The van der Waals surface area contributed by atoms with E-state index in [1.807, 2.05) is 35.1 Å². The summed E-state index contributed by atoms with van der Waals surface area (Å²) in [6.45, 7) is 1.29. The van der Waals surface area contributed by atoms with E-state index in [0.717, 1.165) is 11.6 Å². The maximum absolute atomic E-state index is 12.9. The quantitative estimate of drug-likeness (QED) is 0.383. The van der Waals surface area contributed by atoms with E-state index >= 15 is 0 Å². The molecule has 11 heteroatoms. The molecular weight excluding hydrogens is 460 g/mol. The second kappa shape index (κ2) is 10.3. The SMILES string of the molecule is CC(=O)N[C@@H](Cc1ccccc1)C(=O)N[C@@H](Cc1ccc(C2=CC(=O)NS2(=O)=O)cc1)C(N)=O. The highest BCUT2D eigenvalue weighted by atomic mass is 32.2. The van der Waals surface area contributed by atoms with Crippen LogP contribution in [-0.2, 0) is 42.0 Å². The highest BCUT2D eigenvalue weighted by Gasteiger charge is 2.29. The van der Waals surface area contributed by atoms with Crippen LogP contribution >= 0.6 is 0 Å². The molecule has 2 atom stereocenters. The van der Waals surface area contributed by atoms with Gasteiger partial charge in [-0.3, -0.25) is 19.2 Å². The third-order valence-electron chi connectivity index (χ3n) is 5.10. The molecule has 0 saturated carbocycles. The van der Waals surface area contributed by atoms with Crippen molar-refractivity contribution in [1.29, 1.82) is 0 Å². The topological polar surface area (TPSA) is 165 Å². The smallest absolute Gasteiger partial charge is 0.265 e. The summed E-state index contributed by atoms with van der Waals surface area (Å²) in [4.78, 5) is 47.7. The van der Waals surface area contributed by atoms with Crippen molar-refractivity contribution in [3.8, 4) is 0 Å². The molecule has 178 valence electrons. The fourth-order valence-corrected chi connectivity index (χ4v) is 4.63. The van der Waals surface area contributed by atoms with Crippen LogP contribution in [0.15, 0.2) is 60.7 Å². The van der Waals surface area contributed by atoms with Crippen LogP contribution in [0.2, 0.25) is 0 Å². The summed E-state index contributed by atoms with van der Waals surface area (Å²) in [7, 11) is -3.90. The van der Waals surface area contributed by atoms with Crippen molar-refractivity contribution < 1.29 is 27.6 Å². The molecule has 0 saturated heterocycles. The zero-order valence-electron chi connectivity index (χ0n) is 18.3. The summed E-state index contributed by atoms with van der Waals surface area (Å²) in [6, 6.07) is 13.3. The minimum absolute atomic E-state index is 0.0441. The molecule has 5 N–H and O–H groups in total. The van der Waals surface area contributed by atoms with Crippen LogP contribution < -0.4 is 21.1 Å². The molecule has 4 amide bonds. The van der Waals surface area contributed by atoms with Gasteiger partial charge in [0.25, 0.3) is 15.9 Å². The van der Waals surface area contributed by atoms with Crippen LogP contribution in [0.4, 0.5) is 0 Å². The molecule has 0 spiro atoms. The third kappa shape index (κ3) is 6.29. The van der Waals surface area contributed by atoms with E-state index in [-0.39, 0.29) is 17.7 Å². The first kappa shape index (κ1) is 24.6. The minimum atomic E-state index is -3.90. The second-order valence-corrected chi connectivity index (χ2v) is 9.44. The van der Waals surface area contributed by atoms with Gasteiger partial charge in [-0.2, -0.15) is 0 Å². The molecule has 0 fully saturated rings. The lowest BCUT2D eigenvalue weighted by Gasteiger charge is -2.22. The summed E-state index contributed by atoms with van der Waals surface area (Å²) < 4.78 is 25.8. The number of benzene rings is 2. The van der Waals surface area contributed by atoms with Crippen LogP contribution in [-0.4, -0.2) is 44.1 Å². The predicted molar refractivity (Wildman–Crippen MR) is 124 cm³/mol. The largest absolute Gasteiger partial charge is 0.368 e. The molecular formula is C23H24N4O6S. The second-order valence-electron chi connectivity index (χ2n) is 7.79. The average Bonchev–Trinajstić information content (AvgIpc) is 3.05. The Labute approximate surface area is 196 Å². The molecule has 1 heterocycles. The van der Waals surface area contributed by atoms with Crippen molar-refractivity contribution in [2.75, 3.05) is 0 Å². The number of nitrogens with one attached hydrogen (secondary N) is 3. The maximum Gasteiger partial charge on any atom is 0.265 e. The van der Waals surface area contributed by atoms with Crippen molar-refractivity contribution in [3.05, 3.63) is 77.4 Å². The van der Waals surface area contributed by atoms with Crippen LogP contribution in [0.1, 0.15) is 23.6 Å². The van der Waals surface area contributed by atoms with E-state index in [4.69, 9.17) is 5.73 Å². The van der Waals surface area contributed by atoms with Gasteiger partial charge in [0.15, 0.2) is 0 Å². The van der Waals surface area contributed by atoms with Crippen LogP contribution in [0.5, 0.6) is 0 Å². The molecule has 0 unspecified atom stereocenters. The zero-order valence-corrected chi connectivity index (χ0v) is 19.1. The van der Waals surface area contributed by atoms with Crippen molar-refractivity contribution in [1.82, 2.24) is 15.4 Å². The molecule has 1 aliphatic heterocycles. The highest BCUT2D eigenvalue weighted by molar-refractivity contribution is 7.99. The van der Waals surface area contributed by atoms with Gasteiger partial charge in [0.1, 0.15) is 17.0 Å². The first-order valence-electron chi connectivity index (χ1n) is 10.3. The van der Waals surface area contributed by atoms with Crippen molar-refractivity contribution in [2.24, 2.45) is 5.73 Å². The van der Waals surface area contributed by atoms with E-state index in [2.05, 4.69) is 10.6 Å². The molecule has 0 aromatic heterocycles. The Morgan fingerprint density at radius 2 is 1.50 bits per heavy atom. The number of carbonyl (C=O) groups is 4. The van der Waals surface area contributed by atoms with E-state index in [1.54, 1.807) is 12.1 Å². The molecule has 1 aliphatic rings. The minimum Gasteiger partial charge on any atom is -0.368 e. The van der Waals surface area contributed by atoms with Gasteiger partial charge in [-0.1, -0.05) is 54.6 Å². The Hall–Kier alpha value is -3.99. The molecule has 0 bridgehead atoms. The normalized spacial score (nSPS) is 16.0. The van der Waals surface area contributed by atoms with E-state index in [1.165, 1.54) is 19.1 Å². The van der Waals surface area contributed by atoms with Crippen molar-refractivity contribution >= 4 is 38.6 Å². The van der Waals surface area contributed by atoms with E-state index in [0.29, 0.717) is 11.1 Å². The first-order chi connectivity index (χ1) is 16.0. The number of hydrogen-bond donors (Lipinski definition) is 4. The molecule has 3 rings (SSSR count). The molecule has 0 radical (unpaired) electrons. The summed E-state index contributed by atoms with van der Waals surface area (Å²) in [5, 5.41) is 5.18. The Balaban J connectivity index is 1.72. The van der Waals surface area contributed by atoms with Gasteiger partial charge in [0.05, 0.1) is 0 Å². The summed E-state index contributed by atoms with van der Waals surface area (Å²) in [5.74, 6) is -2.45. The third-order valence-corrected chi connectivity index (χ3v) is 6.50. The molecule has 0 aliphatic carbocycles. The predicted octanol–water partition coefficient (Wildman–Crippen LogP) is -0.253. The lowest BCUT2D eigenvalue weighted by molar-refractivity contribution is -0.130. The van der Waals surface area contributed by atoms with Gasteiger partial charge in [0.2, 0.25) is 17.7 Å². The molecule has 10 nitrogen and oxygen atoms in total. The van der Waals surface area contributed by atoms with Gasteiger partial charge in [-0.25, -0.2) is 13.1 Å². The lowest BCUT2D eigenvalue weighted by atomic mass is 10.0. The number of carbonyl (C=O) groups excluding carboxylic acids is 4. The van der Waals surface area contributed by atoms with Gasteiger partial charge in [-0.15, -0.1) is 0 Å². The van der Waals surface area contributed by atoms with E-state index < -0.39 is 45.7 Å². The first-order valence-corrected chi connectivity index (χ1v) is 11.8. The van der Waals surface area contributed by atoms with Gasteiger partial charge in [0, 0.05) is 25.8 Å². The van der Waals surface area contributed by atoms with Crippen LogP contribution in [0, 0.1) is 0 Å². The average molecular weight is 485 g/mol. The van der Waals surface area contributed by atoms with Crippen molar-refractivity contribution in [3.63, 3.8) is 0 Å². The van der Waals surface area contributed by atoms with E-state index in [9.17, 15) is 27.6 Å². The summed E-state index contributed by atoms with van der Waals surface area (Å²) in [6.07, 6.45) is 1.26. The number of amides is 4. The van der Waals surface area contributed by atoms with Gasteiger partial charge in [-0.05, 0) is 16.7 Å². The lowest BCUT2D eigenvalue weighted by Crippen LogP contribution is -2.54. The standard InChI is InChI=1S/C23H24N4O6S/c1-14(28)25-19(12-15-5-3-2-4-6-15)23(31)26-18(22(24)30)11-16-7-9-17(10-8-16)20-13-21(29)27-34(20,32)33/h2-10,13,18-19H,11-12H2,1H3,(H2,24,30)(H,25,28)(H,26,31)(H,27,29)/t18-,19-/m0/s1. The Morgan fingerprint density at radius 3 is 2.03 bits per heavy atom. The number of sulfonamides is 1. The summed E-state index contributed by atoms with van der Waals surface area (Å²) >= 11 is 0. The van der Waals surface area contributed by atoms with Crippen LogP contribution in [0.3, 0.4) is 0 Å². The summed E-state index contributed by atoms with van der Waals surface area (Å²) in [5.41, 5.74) is 7.22. The van der Waals surface area contributed by atoms with Gasteiger partial charge < -0.3 is 16.4 Å². The Bertz CT molecular complexity index is 1240. The zero-order chi connectivity index (χ0) is 24.9. The molecule has 2 aromatic rings. The highest BCUT2D eigenvalue weighted by Crippen LogP contribution is 2.24. The number of rotatable bonds is 9. The number of hydrogen-bond acceptors (Lipinski definition) is 6.